The molecule has 0 bridgehead atoms. The Kier molecular flexibility index (Phi) is 7.12. The van der Waals surface area contributed by atoms with Crippen LogP contribution in [0.2, 0.25) is 0 Å². The van der Waals surface area contributed by atoms with Gasteiger partial charge in [-0.05, 0) is 71.8 Å². The summed E-state index contributed by atoms with van der Waals surface area (Å²) in [6, 6.07) is 26.7. The highest BCUT2D eigenvalue weighted by Crippen LogP contribution is 2.25. The highest BCUT2D eigenvalue weighted by Gasteiger charge is 2.19. The molecule has 1 amide bonds. The number of amides is 1. The Labute approximate surface area is 203 Å². The maximum Gasteiger partial charge on any atom is 0.261 e. The van der Waals surface area contributed by atoms with Crippen molar-refractivity contribution in [3.05, 3.63) is 126 Å². The fraction of sp³-hybridized carbons (Fsp3) is 0.0741. The molecule has 0 aliphatic carbocycles. The molecule has 4 aromatic rings. The largest absolute Gasteiger partial charge is 0.497 e. The highest BCUT2D eigenvalue weighted by atomic mass is 32.2. The van der Waals surface area contributed by atoms with E-state index in [0.29, 0.717) is 22.6 Å². The number of nitrogens with one attached hydrogen (secondary N) is 2. The van der Waals surface area contributed by atoms with Crippen molar-refractivity contribution in [1.82, 2.24) is 5.32 Å². The summed E-state index contributed by atoms with van der Waals surface area (Å²) in [7, 11) is -2.17. The van der Waals surface area contributed by atoms with Gasteiger partial charge in [0, 0.05) is 11.3 Å². The van der Waals surface area contributed by atoms with Crippen LogP contribution in [0.25, 0.3) is 0 Å². The molecule has 0 radical (unpaired) electrons. The normalized spacial score (nSPS) is 11.9. The summed E-state index contributed by atoms with van der Waals surface area (Å²) >= 11 is 0. The Hall–Kier alpha value is -4.17. The summed E-state index contributed by atoms with van der Waals surface area (Å²) in [5, 5.41) is 2.98. The number of carbonyl (C=O) groups excluding carboxylic acids is 1. The number of sulfonamides is 1. The zero-order chi connectivity index (χ0) is 24.8. The van der Waals surface area contributed by atoms with Crippen LogP contribution in [0.3, 0.4) is 0 Å². The second-order valence-electron chi connectivity index (χ2n) is 7.73. The van der Waals surface area contributed by atoms with Gasteiger partial charge >= 0.3 is 0 Å². The Morgan fingerprint density at radius 3 is 1.94 bits per heavy atom. The van der Waals surface area contributed by atoms with E-state index in [1.54, 1.807) is 49.6 Å². The summed E-state index contributed by atoms with van der Waals surface area (Å²) < 4.78 is 46.2. The first-order valence-electron chi connectivity index (χ1n) is 10.7. The van der Waals surface area contributed by atoms with E-state index in [1.165, 1.54) is 48.5 Å². The minimum absolute atomic E-state index is 0.142. The van der Waals surface area contributed by atoms with E-state index in [1.807, 2.05) is 12.1 Å². The van der Waals surface area contributed by atoms with Gasteiger partial charge in [0.2, 0.25) is 0 Å². The molecular formula is C27H23FN2O4S. The molecule has 0 aromatic heterocycles. The smallest absolute Gasteiger partial charge is 0.261 e. The van der Waals surface area contributed by atoms with Gasteiger partial charge in [-0.2, -0.15) is 0 Å². The van der Waals surface area contributed by atoms with E-state index in [-0.39, 0.29) is 16.6 Å². The average Bonchev–Trinajstić information content (AvgIpc) is 2.88. The number of halogens is 1. The predicted octanol–water partition coefficient (Wildman–Crippen LogP) is 5.15. The van der Waals surface area contributed by atoms with E-state index >= 15 is 0 Å². The third kappa shape index (κ3) is 5.85. The van der Waals surface area contributed by atoms with Gasteiger partial charge in [-0.15, -0.1) is 0 Å². The van der Waals surface area contributed by atoms with E-state index < -0.39 is 16.1 Å². The minimum Gasteiger partial charge on any atom is -0.497 e. The molecule has 1 atom stereocenters. The molecule has 0 spiro atoms. The van der Waals surface area contributed by atoms with E-state index in [9.17, 15) is 17.6 Å². The molecule has 35 heavy (non-hydrogen) atoms. The van der Waals surface area contributed by atoms with Crippen LogP contribution in [0.1, 0.15) is 27.5 Å². The zero-order valence-corrected chi connectivity index (χ0v) is 19.6. The molecule has 6 nitrogen and oxygen atoms in total. The summed E-state index contributed by atoms with van der Waals surface area (Å²) in [6.07, 6.45) is 0. The van der Waals surface area contributed by atoms with Crippen LogP contribution in [0.4, 0.5) is 10.1 Å². The second-order valence-corrected chi connectivity index (χ2v) is 9.41. The van der Waals surface area contributed by atoms with Gasteiger partial charge in [-0.1, -0.05) is 42.5 Å². The van der Waals surface area contributed by atoms with Crippen molar-refractivity contribution in [2.75, 3.05) is 11.8 Å². The third-order valence-corrected chi connectivity index (χ3v) is 6.78. The van der Waals surface area contributed by atoms with Crippen molar-refractivity contribution in [3.8, 4) is 5.75 Å². The maximum absolute atomic E-state index is 13.5. The zero-order valence-electron chi connectivity index (χ0n) is 18.8. The fourth-order valence-corrected chi connectivity index (χ4v) is 4.61. The first-order valence-corrected chi connectivity index (χ1v) is 12.2. The van der Waals surface area contributed by atoms with Gasteiger partial charge in [0.25, 0.3) is 15.9 Å². The quantitative estimate of drug-likeness (QED) is 0.358. The van der Waals surface area contributed by atoms with Crippen molar-refractivity contribution in [3.63, 3.8) is 0 Å². The lowest BCUT2D eigenvalue weighted by Gasteiger charge is -2.20. The van der Waals surface area contributed by atoms with Gasteiger partial charge in [-0.25, -0.2) is 12.8 Å². The highest BCUT2D eigenvalue weighted by molar-refractivity contribution is 7.92. The molecule has 0 saturated heterocycles. The standard InChI is InChI=1S/C27H23FN2O4S/c1-34-24-17-11-20(12-18-24)26(19-7-13-22(28)14-8-19)29-27(31)21-9-15-23(16-10-21)30-35(32,33)25-5-3-2-4-6-25/h2-18,26,30H,1H3,(H,29,31). The molecule has 178 valence electrons. The van der Waals surface area contributed by atoms with Crippen molar-refractivity contribution < 1.29 is 22.3 Å². The number of benzene rings is 4. The number of hydrogen-bond donors (Lipinski definition) is 2. The van der Waals surface area contributed by atoms with Crippen molar-refractivity contribution in [2.24, 2.45) is 0 Å². The topological polar surface area (TPSA) is 84.5 Å². The molecule has 0 fully saturated rings. The Bertz CT molecular complexity index is 1390. The molecule has 0 heterocycles. The summed E-state index contributed by atoms with van der Waals surface area (Å²) in [4.78, 5) is 13.2. The number of methoxy groups -OCH3 is 1. The fourth-order valence-electron chi connectivity index (χ4n) is 3.53. The molecule has 1 unspecified atom stereocenters. The number of anilines is 1. The lowest BCUT2D eigenvalue weighted by atomic mass is 9.98. The lowest BCUT2D eigenvalue weighted by Crippen LogP contribution is -2.29. The van der Waals surface area contributed by atoms with E-state index in [4.69, 9.17) is 4.74 Å². The number of ether oxygens (including phenoxy) is 1. The summed E-state index contributed by atoms with van der Waals surface area (Å²) in [5.74, 6) is -0.0683. The molecule has 2 N–H and O–H groups in total. The van der Waals surface area contributed by atoms with Crippen molar-refractivity contribution in [2.45, 2.75) is 10.9 Å². The first kappa shape index (κ1) is 24.0. The van der Waals surface area contributed by atoms with Gasteiger partial charge in [0.15, 0.2) is 0 Å². The van der Waals surface area contributed by atoms with Crippen LogP contribution in [-0.4, -0.2) is 21.4 Å². The minimum atomic E-state index is -3.74. The lowest BCUT2D eigenvalue weighted by molar-refractivity contribution is 0.0943. The van der Waals surface area contributed by atoms with Crippen LogP contribution in [-0.2, 0) is 10.0 Å². The SMILES string of the molecule is COc1ccc(C(NC(=O)c2ccc(NS(=O)(=O)c3ccccc3)cc2)c2ccc(F)cc2)cc1. The van der Waals surface area contributed by atoms with Crippen LogP contribution >= 0.6 is 0 Å². The second kappa shape index (κ2) is 10.4. The van der Waals surface area contributed by atoms with E-state index in [2.05, 4.69) is 10.0 Å². The maximum atomic E-state index is 13.5. The number of rotatable bonds is 8. The molecule has 0 aliphatic rings. The Morgan fingerprint density at radius 2 is 1.37 bits per heavy atom. The number of carbonyl (C=O) groups is 1. The van der Waals surface area contributed by atoms with Crippen LogP contribution in [0.5, 0.6) is 5.75 Å². The van der Waals surface area contributed by atoms with Crippen molar-refractivity contribution in [1.29, 1.82) is 0 Å². The molecule has 4 aromatic carbocycles. The van der Waals surface area contributed by atoms with Crippen LogP contribution in [0.15, 0.2) is 108 Å². The van der Waals surface area contributed by atoms with Gasteiger partial charge < -0.3 is 10.1 Å². The monoisotopic (exact) mass is 490 g/mol. The summed E-state index contributed by atoms with van der Waals surface area (Å²) in [6.45, 7) is 0. The van der Waals surface area contributed by atoms with Gasteiger partial charge in [-0.3, -0.25) is 9.52 Å². The molecule has 0 saturated carbocycles. The van der Waals surface area contributed by atoms with Crippen molar-refractivity contribution >= 4 is 21.6 Å². The first-order chi connectivity index (χ1) is 16.9. The Balaban J connectivity index is 1.54. The number of hydrogen-bond acceptors (Lipinski definition) is 4. The summed E-state index contributed by atoms with van der Waals surface area (Å²) in [5.41, 5.74) is 2.17. The molecule has 4 rings (SSSR count). The van der Waals surface area contributed by atoms with Crippen LogP contribution < -0.4 is 14.8 Å². The molecule has 8 heteroatoms. The molecular weight excluding hydrogens is 467 g/mol. The van der Waals surface area contributed by atoms with Gasteiger partial charge in [0.1, 0.15) is 11.6 Å². The van der Waals surface area contributed by atoms with E-state index in [0.717, 1.165) is 5.56 Å². The van der Waals surface area contributed by atoms with Crippen LogP contribution in [0, 0.1) is 5.82 Å². The third-order valence-electron chi connectivity index (χ3n) is 5.38. The van der Waals surface area contributed by atoms with Gasteiger partial charge in [0.05, 0.1) is 18.0 Å². The average molecular weight is 491 g/mol. The predicted molar refractivity (Wildman–Crippen MR) is 132 cm³/mol. The molecule has 0 aliphatic heterocycles. The Morgan fingerprint density at radius 1 is 0.800 bits per heavy atom.